The van der Waals surface area contributed by atoms with E-state index in [4.69, 9.17) is 10.5 Å². The normalized spacial score (nSPS) is 24.9. The molecule has 1 unspecified atom stereocenters. The molecule has 4 heteroatoms. The van der Waals surface area contributed by atoms with Crippen LogP contribution < -0.4 is 5.73 Å². The van der Waals surface area contributed by atoms with Gasteiger partial charge in [-0.25, -0.2) is 4.98 Å². The van der Waals surface area contributed by atoms with Crippen LogP contribution in [0.3, 0.4) is 0 Å². The summed E-state index contributed by atoms with van der Waals surface area (Å²) in [4.78, 5) is 4.15. The van der Waals surface area contributed by atoms with Crippen molar-refractivity contribution in [2.75, 3.05) is 13.2 Å². The molecule has 1 aromatic rings. The van der Waals surface area contributed by atoms with E-state index in [0.29, 0.717) is 6.04 Å². The number of rotatable bonds is 2. The van der Waals surface area contributed by atoms with Gasteiger partial charge < -0.3 is 15.0 Å². The highest BCUT2D eigenvalue weighted by Crippen LogP contribution is 2.22. The first-order valence-corrected chi connectivity index (χ1v) is 5.14. The molecule has 1 fully saturated rings. The minimum atomic E-state index is 0.0411. The fraction of sp³-hybridized carbons (Fsp3) is 0.700. The van der Waals surface area contributed by atoms with E-state index >= 15 is 0 Å². The van der Waals surface area contributed by atoms with E-state index in [1.54, 1.807) is 0 Å². The maximum absolute atomic E-state index is 5.86. The molecule has 0 aliphatic carbocycles. The van der Waals surface area contributed by atoms with Crippen molar-refractivity contribution in [3.8, 4) is 0 Å². The second-order valence-corrected chi connectivity index (χ2v) is 3.89. The second-order valence-electron chi connectivity index (χ2n) is 3.89. The van der Waals surface area contributed by atoms with Gasteiger partial charge in [-0.05, 0) is 19.8 Å². The van der Waals surface area contributed by atoms with Gasteiger partial charge in [0.2, 0.25) is 0 Å². The maximum atomic E-state index is 5.86. The van der Waals surface area contributed by atoms with Gasteiger partial charge in [-0.2, -0.15) is 0 Å². The van der Waals surface area contributed by atoms with E-state index in [-0.39, 0.29) is 6.04 Å². The van der Waals surface area contributed by atoms with Crippen molar-refractivity contribution < 1.29 is 4.74 Å². The smallest absolute Gasteiger partial charge is 0.0952 e. The van der Waals surface area contributed by atoms with E-state index < -0.39 is 0 Å². The van der Waals surface area contributed by atoms with Crippen LogP contribution in [0.25, 0.3) is 0 Å². The van der Waals surface area contributed by atoms with Crippen LogP contribution >= 0.6 is 0 Å². The lowest BCUT2D eigenvalue weighted by molar-refractivity contribution is 0.0580. The minimum Gasteiger partial charge on any atom is -0.379 e. The van der Waals surface area contributed by atoms with Gasteiger partial charge >= 0.3 is 0 Å². The number of ether oxygens (including phenoxy) is 1. The highest BCUT2D eigenvalue weighted by Gasteiger charge is 2.18. The average Bonchev–Trinajstić information content (AvgIpc) is 2.67. The summed E-state index contributed by atoms with van der Waals surface area (Å²) < 4.78 is 7.61. The average molecular weight is 195 g/mol. The Labute approximate surface area is 84.1 Å². The quantitative estimate of drug-likeness (QED) is 0.772. The number of nitrogens with two attached hydrogens (primary N) is 1. The largest absolute Gasteiger partial charge is 0.379 e. The summed E-state index contributed by atoms with van der Waals surface area (Å²) in [5.41, 5.74) is 6.96. The highest BCUT2D eigenvalue weighted by molar-refractivity contribution is 5.05. The van der Waals surface area contributed by atoms with Crippen molar-refractivity contribution >= 4 is 0 Å². The monoisotopic (exact) mass is 195 g/mol. The molecule has 0 bridgehead atoms. The lowest BCUT2D eigenvalue weighted by Gasteiger charge is -2.25. The van der Waals surface area contributed by atoms with Crippen LogP contribution in [0, 0.1) is 0 Å². The zero-order valence-electron chi connectivity index (χ0n) is 8.52. The van der Waals surface area contributed by atoms with Crippen LogP contribution in [-0.4, -0.2) is 22.8 Å². The molecule has 0 amide bonds. The molecule has 0 aromatic carbocycles. The number of hydrogen-bond donors (Lipinski definition) is 1. The lowest BCUT2D eigenvalue weighted by Crippen LogP contribution is -2.24. The van der Waals surface area contributed by atoms with Gasteiger partial charge in [0.15, 0.2) is 0 Å². The van der Waals surface area contributed by atoms with Crippen molar-refractivity contribution in [1.82, 2.24) is 9.55 Å². The Kier molecular flexibility index (Phi) is 2.84. The Morgan fingerprint density at radius 2 is 2.57 bits per heavy atom. The first-order valence-electron chi connectivity index (χ1n) is 5.14. The summed E-state index contributed by atoms with van der Waals surface area (Å²) in [6, 6.07) is 0.465. The zero-order chi connectivity index (χ0) is 9.97. The summed E-state index contributed by atoms with van der Waals surface area (Å²) in [7, 11) is 0. The molecular weight excluding hydrogens is 178 g/mol. The number of nitrogens with zero attached hydrogens (tertiary/aromatic N) is 2. The molecule has 1 aromatic heterocycles. The lowest BCUT2D eigenvalue weighted by atomic mass is 10.1. The number of imidazole rings is 1. The second kappa shape index (κ2) is 4.11. The molecule has 4 nitrogen and oxygen atoms in total. The summed E-state index contributed by atoms with van der Waals surface area (Å²) in [6.45, 7) is 3.66. The molecule has 2 N–H and O–H groups in total. The van der Waals surface area contributed by atoms with Crippen LogP contribution in [0.15, 0.2) is 12.5 Å². The third kappa shape index (κ3) is 1.81. The van der Waals surface area contributed by atoms with E-state index in [9.17, 15) is 0 Å². The number of hydrogen-bond acceptors (Lipinski definition) is 3. The standard InChI is InChI=1S/C10H17N3O/c1-8(11)10-5-12-7-13(10)9-3-2-4-14-6-9/h5,7-9H,2-4,6,11H2,1H3/t8-,9?/m0/s1. The first kappa shape index (κ1) is 9.68. The molecular formula is C10H17N3O. The number of aromatic nitrogens is 2. The van der Waals surface area contributed by atoms with Gasteiger partial charge in [0.25, 0.3) is 0 Å². The van der Waals surface area contributed by atoms with Crippen LogP contribution in [0.5, 0.6) is 0 Å². The fourth-order valence-corrected chi connectivity index (χ4v) is 1.92. The summed E-state index contributed by atoms with van der Waals surface area (Å²) in [5.74, 6) is 0. The fourth-order valence-electron chi connectivity index (χ4n) is 1.92. The van der Waals surface area contributed by atoms with Crippen molar-refractivity contribution in [1.29, 1.82) is 0 Å². The van der Waals surface area contributed by atoms with E-state index in [1.165, 1.54) is 0 Å². The Hall–Kier alpha value is -0.870. The van der Waals surface area contributed by atoms with Gasteiger partial charge in [-0.15, -0.1) is 0 Å². The van der Waals surface area contributed by atoms with Gasteiger partial charge in [0.05, 0.1) is 24.7 Å². The van der Waals surface area contributed by atoms with Crippen molar-refractivity contribution in [3.05, 3.63) is 18.2 Å². The van der Waals surface area contributed by atoms with Gasteiger partial charge in [0.1, 0.15) is 0 Å². The third-order valence-electron chi connectivity index (χ3n) is 2.69. The van der Waals surface area contributed by atoms with E-state index in [2.05, 4.69) is 9.55 Å². The molecule has 14 heavy (non-hydrogen) atoms. The van der Waals surface area contributed by atoms with E-state index in [1.807, 2.05) is 19.4 Å². The predicted molar refractivity (Wildman–Crippen MR) is 53.9 cm³/mol. The van der Waals surface area contributed by atoms with Gasteiger partial charge in [-0.3, -0.25) is 0 Å². The summed E-state index contributed by atoms with van der Waals surface area (Å²) >= 11 is 0. The van der Waals surface area contributed by atoms with Crippen LogP contribution in [0.2, 0.25) is 0 Å². The Bertz CT molecular complexity index is 289. The van der Waals surface area contributed by atoms with E-state index in [0.717, 1.165) is 31.7 Å². The van der Waals surface area contributed by atoms with Crippen LogP contribution in [-0.2, 0) is 4.74 Å². The molecule has 0 radical (unpaired) electrons. The molecule has 2 rings (SSSR count). The first-order chi connectivity index (χ1) is 6.79. The Morgan fingerprint density at radius 1 is 1.71 bits per heavy atom. The Balaban J connectivity index is 2.17. The molecule has 0 saturated carbocycles. The Morgan fingerprint density at radius 3 is 3.21 bits per heavy atom. The van der Waals surface area contributed by atoms with Crippen molar-refractivity contribution in [2.45, 2.75) is 31.8 Å². The van der Waals surface area contributed by atoms with Gasteiger partial charge in [-0.1, -0.05) is 0 Å². The topological polar surface area (TPSA) is 53.1 Å². The third-order valence-corrected chi connectivity index (χ3v) is 2.69. The molecule has 1 aliphatic heterocycles. The maximum Gasteiger partial charge on any atom is 0.0952 e. The van der Waals surface area contributed by atoms with Crippen molar-refractivity contribution in [2.24, 2.45) is 5.73 Å². The van der Waals surface area contributed by atoms with Crippen molar-refractivity contribution in [3.63, 3.8) is 0 Å². The summed E-state index contributed by atoms with van der Waals surface area (Å²) in [5, 5.41) is 0. The highest BCUT2D eigenvalue weighted by atomic mass is 16.5. The summed E-state index contributed by atoms with van der Waals surface area (Å²) in [6.07, 6.45) is 5.99. The van der Waals surface area contributed by atoms with Gasteiger partial charge in [0, 0.05) is 18.8 Å². The molecule has 1 aliphatic rings. The zero-order valence-corrected chi connectivity index (χ0v) is 8.52. The minimum absolute atomic E-state index is 0.0411. The molecule has 0 spiro atoms. The molecule has 78 valence electrons. The predicted octanol–water partition coefficient (Wildman–Crippen LogP) is 1.25. The molecule has 2 atom stereocenters. The SMILES string of the molecule is C[C@H](N)c1cncn1C1CCCOC1. The molecule has 2 heterocycles. The molecule has 1 saturated heterocycles. The van der Waals surface area contributed by atoms with Crippen LogP contribution in [0.1, 0.15) is 37.5 Å². The van der Waals surface area contributed by atoms with Crippen LogP contribution in [0.4, 0.5) is 0 Å².